The van der Waals surface area contributed by atoms with Crippen LogP contribution >= 0.6 is 0 Å². The highest BCUT2D eigenvalue weighted by Crippen LogP contribution is 2.24. The Bertz CT molecular complexity index is 989. The lowest BCUT2D eigenvalue weighted by Crippen LogP contribution is -2.12. The van der Waals surface area contributed by atoms with Crippen molar-refractivity contribution in [1.29, 1.82) is 0 Å². The Hall–Kier alpha value is -3.46. The van der Waals surface area contributed by atoms with Gasteiger partial charge in [0, 0.05) is 30.2 Å². The van der Waals surface area contributed by atoms with Crippen LogP contribution in [0.4, 0.5) is 14.5 Å². The standard InChI is InChI=1S/C20H14F2N2O2/c1-2-13-4-3-5-15(10-13)24-19(25)8-9-20-23-12-18(26-20)16-7-6-14(21)11-17(16)22/h1,3-7,10-12H,8-9H2,(H,24,25). The van der Waals surface area contributed by atoms with Crippen molar-refractivity contribution in [2.45, 2.75) is 12.8 Å². The van der Waals surface area contributed by atoms with Gasteiger partial charge < -0.3 is 9.73 Å². The van der Waals surface area contributed by atoms with E-state index in [1.807, 2.05) is 0 Å². The third-order valence-electron chi connectivity index (χ3n) is 3.63. The Morgan fingerprint density at radius 2 is 2.08 bits per heavy atom. The number of benzene rings is 2. The van der Waals surface area contributed by atoms with E-state index in [1.165, 1.54) is 12.3 Å². The summed E-state index contributed by atoms with van der Waals surface area (Å²) in [5.41, 5.74) is 1.38. The van der Waals surface area contributed by atoms with Gasteiger partial charge in [-0.2, -0.15) is 0 Å². The average molecular weight is 352 g/mol. The number of halogens is 2. The van der Waals surface area contributed by atoms with Gasteiger partial charge in [0.1, 0.15) is 11.6 Å². The number of carbonyl (C=O) groups excluding carboxylic acids is 1. The molecule has 0 aliphatic rings. The van der Waals surface area contributed by atoms with Crippen LogP contribution in [0.1, 0.15) is 17.9 Å². The molecule has 1 N–H and O–H groups in total. The highest BCUT2D eigenvalue weighted by Gasteiger charge is 2.13. The van der Waals surface area contributed by atoms with E-state index >= 15 is 0 Å². The number of rotatable bonds is 5. The van der Waals surface area contributed by atoms with Crippen LogP contribution in [-0.2, 0) is 11.2 Å². The molecule has 0 radical (unpaired) electrons. The van der Waals surface area contributed by atoms with Gasteiger partial charge in [-0.05, 0) is 30.3 Å². The molecule has 26 heavy (non-hydrogen) atoms. The molecule has 6 heteroatoms. The van der Waals surface area contributed by atoms with E-state index in [1.54, 1.807) is 24.3 Å². The first-order valence-corrected chi connectivity index (χ1v) is 7.82. The van der Waals surface area contributed by atoms with Crippen LogP contribution in [0.2, 0.25) is 0 Å². The molecule has 4 nitrogen and oxygen atoms in total. The minimum atomic E-state index is -0.737. The highest BCUT2D eigenvalue weighted by atomic mass is 19.1. The van der Waals surface area contributed by atoms with Crippen LogP contribution in [0.3, 0.4) is 0 Å². The molecule has 0 unspecified atom stereocenters. The molecule has 130 valence electrons. The van der Waals surface area contributed by atoms with Gasteiger partial charge in [-0.25, -0.2) is 13.8 Å². The largest absolute Gasteiger partial charge is 0.441 e. The fourth-order valence-electron chi connectivity index (χ4n) is 2.37. The molecular formula is C20H14F2N2O2. The molecule has 0 saturated carbocycles. The van der Waals surface area contributed by atoms with Gasteiger partial charge in [0.15, 0.2) is 11.7 Å². The van der Waals surface area contributed by atoms with E-state index in [2.05, 4.69) is 16.2 Å². The van der Waals surface area contributed by atoms with Gasteiger partial charge in [-0.1, -0.05) is 12.0 Å². The third-order valence-corrected chi connectivity index (χ3v) is 3.63. The molecule has 0 saturated heterocycles. The Kier molecular flexibility index (Phi) is 5.09. The summed E-state index contributed by atoms with van der Waals surface area (Å²) in [6, 6.07) is 10.1. The first kappa shape index (κ1) is 17.4. The molecule has 1 heterocycles. The summed E-state index contributed by atoms with van der Waals surface area (Å²) in [5, 5.41) is 2.74. The second-order valence-corrected chi connectivity index (χ2v) is 5.52. The summed E-state index contributed by atoms with van der Waals surface area (Å²) < 4.78 is 32.2. The minimum absolute atomic E-state index is 0.112. The zero-order valence-corrected chi connectivity index (χ0v) is 13.6. The summed E-state index contributed by atoms with van der Waals surface area (Å²) in [7, 11) is 0. The molecule has 3 aromatic rings. The average Bonchev–Trinajstić information content (AvgIpc) is 3.09. The summed E-state index contributed by atoms with van der Waals surface area (Å²) in [5.74, 6) is 1.33. The molecule has 1 amide bonds. The maximum atomic E-state index is 13.8. The first-order valence-electron chi connectivity index (χ1n) is 7.82. The molecule has 0 bridgehead atoms. The van der Waals surface area contributed by atoms with Crippen LogP contribution in [-0.4, -0.2) is 10.9 Å². The molecule has 0 fully saturated rings. The fourth-order valence-corrected chi connectivity index (χ4v) is 2.37. The summed E-state index contributed by atoms with van der Waals surface area (Å²) >= 11 is 0. The van der Waals surface area contributed by atoms with Crippen LogP contribution in [0.15, 0.2) is 53.1 Å². The second kappa shape index (κ2) is 7.62. The lowest BCUT2D eigenvalue weighted by Gasteiger charge is -2.04. The number of amides is 1. The number of hydrogen-bond donors (Lipinski definition) is 1. The molecular weight excluding hydrogens is 338 g/mol. The molecule has 0 aliphatic carbocycles. The van der Waals surface area contributed by atoms with E-state index in [0.29, 0.717) is 11.3 Å². The van der Waals surface area contributed by atoms with Crippen molar-refractivity contribution in [3.05, 3.63) is 71.8 Å². The zero-order valence-electron chi connectivity index (χ0n) is 13.6. The summed E-state index contributed by atoms with van der Waals surface area (Å²) in [6.07, 6.45) is 7.04. The molecule has 2 aromatic carbocycles. The fraction of sp³-hybridized carbons (Fsp3) is 0.100. The molecule has 0 spiro atoms. The van der Waals surface area contributed by atoms with Gasteiger partial charge in [0.05, 0.1) is 11.8 Å². The van der Waals surface area contributed by atoms with Gasteiger partial charge >= 0.3 is 0 Å². The van der Waals surface area contributed by atoms with Crippen LogP contribution in [0, 0.1) is 24.0 Å². The van der Waals surface area contributed by atoms with Crippen molar-refractivity contribution in [2.75, 3.05) is 5.32 Å². The van der Waals surface area contributed by atoms with Gasteiger partial charge in [-0.3, -0.25) is 4.79 Å². The molecule has 0 atom stereocenters. The SMILES string of the molecule is C#Cc1cccc(NC(=O)CCc2ncc(-c3ccc(F)cc3F)o2)c1. The highest BCUT2D eigenvalue weighted by molar-refractivity contribution is 5.90. The first-order chi connectivity index (χ1) is 12.5. The predicted molar refractivity (Wildman–Crippen MR) is 93.2 cm³/mol. The lowest BCUT2D eigenvalue weighted by molar-refractivity contribution is -0.116. The minimum Gasteiger partial charge on any atom is -0.441 e. The maximum Gasteiger partial charge on any atom is 0.224 e. The zero-order chi connectivity index (χ0) is 18.5. The quantitative estimate of drug-likeness (QED) is 0.701. The van der Waals surface area contributed by atoms with Crippen molar-refractivity contribution in [3.63, 3.8) is 0 Å². The van der Waals surface area contributed by atoms with Gasteiger partial charge in [0.2, 0.25) is 5.91 Å². The number of terminal acetylenes is 1. The number of nitrogens with one attached hydrogen (secondary N) is 1. The van der Waals surface area contributed by atoms with E-state index in [-0.39, 0.29) is 36.0 Å². The summed E-state index contributed by atoms with van der Waals surface area (Å²) in [6.45, 7) is 0. The third kappa shape index (κ3) is 4.14. The summed E-state index contributed by atoms with van der Waals surface area (Å²) in [4.78, 5) is 16.0. The molecule has 3 rings (SSSR count). The number of aryl methyl sites for hydroxylation is 1. The number of aromatic nitrogens is 1. The normalized spacial score (nSPS) is 10.3. The van der Waals surface area contributed by atoms with Crippen LogP contribution < -0.4 is 5.32 Å². The molecule has 1 aromatic heterocycles. The van der Waals surface area contributed by atoms with E-state index < -0.39 is 11.6 Å². The monoisotopic (exact) mass is 352 g/mol. The van der Waals surface area contributed by atoms with Crippen LogP contribution in [0.25, 0.3) is 11.3 Å². The predicted octanol–water partition coefficient (Wildman–Crippen LogP) is 4.17. The lowest BCUT2D eigenvalue weighted by atomic mass is 10.2. The Labute approximate surface area is 148 Å². The number of anilines is 1. The van der Waals surface area contributed by atoms with Crippen molar-refractivity contribution >= 4 is 11.6 Å². The number of hydrogen-bond acceptors (Lipinski definition) is 3. The van der Waals surface area contributed by atoms with Crippen molar-refractivity contribution in [2.24, 2.45) is 0 Å². The van der Waals surface area contributed by atoms with E-state index in [4.69, 9.17) is 10.8 Å². The van der Waals surface area contributed by atoms with Gasteiger partial charge in [0.25, 0.3) is 0 Å². The number of oxazole rings is 1. The number of nitrogens with zero attached hydrogens (tertiary/aromatic N) is 1. The smallest absolute Gasteiger partial charge is 0.224 e. The second-order valence-electron chi connectivity index (χ2n) is 5.52. The van der Waals surface area contributed by atoms with Crippen molar-refractivity contribution < 1.29 is 18.0 Å². The van der Waals surface area contributed by atoms with Crippen LogP contribution in [0.5, 0.6) is 0 Å². The van der Waals surface area contributed by atoms with Crippen molar-refractivity contribution in [1.82, 2.24) is 4.98 Å². The Morgan fingerprint density at radius 3 is 2.85 bits per heavy atom. The maximum absolute atomic E-state index is 13.8. The van der Waals surface area contributed by atoms with Crippen molar-refractivity contribution in [3.8, 4) is 23.7 Å². The Balaban J connectivity index is 1.61. The Morgan fingerprint density at radius 1 is 1.23 bits per heavy atom. The molecule has 0 aliphatic heterocycles. The van der Waals surface area contributed by atoms with E-state index in [9.17, 15) is 13.6 Å². The number of carbonyl (C=O) groups is 1. The topological polar surface area (TPSA) is 55.1 Å². The van der Waals surface area contributed by atoms with Gasteiger partial charge in [-0.15, -0.1) is 6.42 Å². The van der Waals surface area contributed by atoms with E-state index in [0.717, 1.165) is 12.1 Å².